The lowest BCUT2D eigenvalue weighted by Gasteiger charge is -2.26. The normalized spacial score (nSPS) is 17.4. The number of ketones is 1. The Labute approximate surface area is 211 Å². The Morgan fingerprint density at radius 1 is 1.00 bits per heavy atom. The number of nitrogens with zero attached hydrogens (tertiary/aromatic N) is 2. The molecule has 1 unspecified atom stereocenters. The minimum Gasteiger partial charge on any atom is -0.507 e. The molecule has 7 heteroatoms. The van der Waals surface area contributed by atoms with E-state index in [0.717, 1.165) is 5.56 Å². The summed E-state index contributed by atoms with van der Waals surface area (Å²) in [5.74, 6) is -0.331. The SMILES string of the molecule is COc1ccc(C2/C(=C(/O)c3ccc(OC)c(C(C)(C)C)c3)C(=O)C(=O)N2Cc2ccccn2)cc1. The molecule has 2 aromatic carbocycles. The lowest BCUT2D eigenvalue weighted by molar-refractivity contribution is -0.140. The average Bonchev–Trinajstić information content (AvgIpc) is 3.13. The van der Waals surface area contributed by atoms with Crippen molar-refractivity contribution >= 4 is 17.4 Å². The fourth-order valence-corrected chi connectivity index (χ4v) is 4.44. The monoisotopic (exact) mass is 486 g/mol. The van der Waals surface area contributed by atoms with Crippen molar-refractivity contribution in [3.8, 4) is 11.5 Å². The number of benzene rings is 2. The Hall–Kier alpha value is -4.13. The molecule has 0 radical (unpaired) electrons. The molecule has 1 aliphatic heterocycles. The molecular weight excluding hydrogens is 456 g/mol. The summed E-state index contributed by atoms with van der Waals surface area (Å²) in [5.41, 5.74) is 2.38. The van der Waals surface area contributed by atoms with Crippen molar-refractivity contribution in [2.45, 2.75) is 38.8 Å². The standard InChI is InChI=1S/C29H30N2O5/c1-29(2,3)22-16-19(11-14-23(22)36-5)26(32)24-25(18-9-12-21(35-4)13-10-18)31(28(34)27(24)33)17-20-8-6-7-15-30-20/h6-16,25,32H,17H2,1-5H3/b26-24-. The third kappa shape index (κ3) is 4.69. The molecule has 1 saturated heterocycles. The van der Waals surface area contributed by atoms with Crippen LogP contribution in [0.1, 0.15) is 49.2 Å². The first kappa shape index (κ1) is 25.0. The van der Waals surface area contributed by atoms with Crippen LogP contribution in [0.25, 0.3) is 5.76 Å². The Bertz CT molecular complexity index is 1310. The number of hydrogen-bond donors (Lipinski definition) is 1. The van der Waals surface area contributed by atoms with Gasteiger partial charge in [-0.05, 0) is 53.4 Å². The zero-order chi connectivity index (χ0) is 26.0. The molecule has 1 fully saturated rings. The van der Waals surface area contributed by atoms with Crippen molar-refractivity contribution < 1.29 is 24.2 Å². The Morgan fingerprint density at radius 3 is 2.31 bits per heavy atom. The van der Waals surface area contributed by atoms with Gasteiger partial charge in [-0.15, -0.1) is 0 Å². The number of aromatic nitrogens is 1. The molecule has 0 aliphatic carbocycles. The van der Waals surface area contributed by atoms with Gasteiger partial charge in [0.2, 0.25) is 0 Å². The number of amides is 1. The number of rotatable bonds is 6. The van der Waals surface area contributed by atoms with E-state index < -0.39 is 17.7 Å². The van der Waals surface area contributed by atoms with Gasteiger partial charge in [0, 0.05) is 17.3 Å². The molecule has 3 aromatic rings. The maximum atomic E-state index is 13.4. The lowest BCUT2D eigenvalue weighted by atomic mass is 9.84. The van der Waals surface area contributed by atoms with Crippen molar-refractivity contribution in [1.29, 1.82) is 0 Å². The number of Topliss-reactive ketones (excluding diaryl/α,β-unsaturated/α-hetero) is 1. The predicted molar refractivity (Wildman–Crippen MR) is 137 cm³/mol. The second kappa shape index (κ2) is 9.85. The van der Waals surface area contributed by atoms with Crippen LogP contribution >= 0.6 is 0 Å². The number of pyridine rings is 1. The zero-order valence-corrected chi connectivity index (χ0v) is 21.1. The highest BCUT2D eigenvalue weighted by Crippen LogP contribution is 2.42. The predicted octanol–water partition coefficient (Wildman–Crippen LogP) is 5.02. The molecule has 1 atom stereocenters. The maximum Gasteiger partial charge on any atom is 0.296 e. The maximum absolute atomic E-state index is 13.4. The van der Waals surface area contributed by atoms with Gasteiger partial charge in [-0.1, -0.05) is 39.0 Å². The summed E-state index contributed by atoms with van der Waals surface area (Å²) in [6, 6.07) is 17.0. The molecule has 36 heavy (non-hydrogen) atoms. The van der Waals surface area contributed by atoms with Crippen LogP contribution in [0.2, 0.25) is 0 Å². The lowest BCUT2D eigenvalue weighted by Crippen LogP contribution is -2.29. The molecule has 4 rings (SSSR count). The van der Waals surface area contributed by atoms with Gasteiger partial charge in [0.25, 0.3) is 11.7 Å². The number of methoxy groups -OCH3 is 2. The van der Waals surface area contributed by atoms with E-state index in [1.54, 1.807) is 68.9 Å². The zero-order valence-electron chi connectivity index (χ0n) is 21.1. The Balaban J connectivity index is 1.89. The van der Waals surface area contributed by atoms with E-state index >= 15 is 0 Å². The molecule has 186 valence electrons. The summed E-state index contributed by atoms with van der Waals surface area (Å²) in [6.45, 7) is 6.24. The topological polar surface area (TPSA) is 89.0 Å². The third-order valence-corrected chi connectivity index (χ3v) is 6.31. The minimum atomic E-state index is -0.793. The highest BCUT2D eigenvalue weighted by molar-refractivity contribution is 6.46. The summed E-state index contributed by atoms with van der Waals surface area (Å²) < 4.78 is 10.8. The number of carbonyl (C=O) groups excluding carboxylic acids is 2. The highest BCUT2D eigenvalue weighted by Gasteiger charge is 2.46. The number of likely N-dealkylation sites (tertiary alicyclic amines) is 1. The van der Waals surface area contributed by atoms with Crippen molar-refractivity contribution in [3.05, 3.63) is 94.8 Å². The van der Waals surface area contributed by atoms with Crippen molar-refractivity contribution in [2.75, 3.05) is 14.2 Å². The van der Waals surface area contributed by atoms with E-state index in [1.807, 2.05) is 32.9 Å². The van der Waals surface area contributed by atoms with E-state index in [1.165, 1.54) is 4.90 Å². The van der Waals surface area contributed by atoms with Crippen LogP contribution in [0.15, 0.2) is 72.4 Å². The van der Waals surface area contributed by atoms with E-state index in [2.05, 4.69) is 4.98 Å². The third-order valence-electron chi connectivity index (χ3n) is 6.31. The number of aliphatic hydroxyl groups excluding tert-OH is 1. The van der Waals surface area contributed by atoms with Crippen molar-refractivity contribution in [2.24, 2.45) is 0 Å². The molecule has 1 amide bonds. The van der Waals surface area contributed by atoms with Crippen LogP contribution in [-0.2, 0) is 21.5 Å². The smallest absolute Gasteiger partial charge is 0.296 e. The highest BCUT2D eigenvalue weighted by atomic mass is 16.5. The molecule has 1 aliphatic rings. The summed E-state index contributed by atoms with van der Waals surface area (Å²) in [6.07, 6.45) is 1.64. The molecule has 2 heterocycles. The summed E-state index contributed by atoms with van der Waals surface area (Å²) in [7, 11) is 3.16. The molecule has 1 N–H and O–H groups in total. The molecule has 1 aromatic heterocycles. The Kier molecular flexibility index (Phi) is 6.84. The molecule has 0 saturated carbocycles. The second-order valence-corrected chi connectivity index (χ2v) is 9.69. The van der Waals surface area contributed by atoms with Crippen molar-refractivity contribution in [1.82, 2.24) is 9.88 Å². The van der Waals surface area contributed by atoms with Crippen LogP contribution in [0, 0.1) is 0 Å². The number of hydrogen-bond acceptors (Lipinski definition) is 6. The summed E-state index contributed by atoms with van der Waals surface area (Å²) in [5, 5.41) is 11.5. The van der Waals surface area contributed by atoms with E-state index in [9.17, 15) is 14.7 Å². The van der Waals surface area contributed by atoms with Crippen LogP contribution in [0.5, 0.6) is 11.5 Å². The number of carbonyl (C=O) groups is 2. The van der Waals surface area contributed by atoms with Crippen LogP contribution < -0.4 is 9.47 Å². The summed E-state index contributed by atoms with van der Waals surface area (Å²) >= 11 is 0. The van der Waals surface area contributed by atoms with Gasteiger partial charge in [0.1, 0.15) is 17.3 Å². The van der Waals surface area contributed by atoms with Crippen LogP contribution in [-0.4, -0.2) is 40.9 Å². The van der Waals surface area contributed by atoms with Gasteiger partial charge >= 0.3 is 0 Å². The van der Waals surface area contributed by atoms with Crippen LogP contribution in [0.4, 0.5) is 0 Å². The molecule has 0 spiro atoms. The fourth-order valence-electron chi connectivity index (χ4n) is 4.44. The molecule has 0 bridgehead atoms. The van der Waals surface area contributed by atoms with Gasteiger partial charge in [0.15, 0.2) is 0 Å². The van der Waals surface area contributed by atoms with Gasteiger partial charge in [-0.25, -0.2) is 0 Å². The number of aliphatic hydroxyl groups is 1. The first-order chi connectivity index (χ1) is 17.2. The Morgan fingerprint density at radius 2 is 1.72 bits per heavy atom. The fraction of sp³-hybridized carbons (Fsp3) is 0.276. The largest absolute Gasteiger partial charge is 0.507 e. The first-order valence-electron chi connectivity index (χ1n) is 11.7. The first-order valence-corrected chi connectivity index (χ1v) is 11.7. The average molecular weight is 487 g/mol. The van der Waals surface area contributed by atoms with Gasteiger partial charge in [-0.3, -0.25) is 14.6 Å². The molecular formula is C29H30N2O5. The minimum absolute atomic E-state index is 0.0334. The van der Waals surface area contributed by atoms with E-state index in [-0.39, 0.29) is 23.3 Å². The van der Waals surface area contributed by atoms with Gasteiger partial charge in [0.05, 0.1) is 38.1 Å². The van der Waals surface area contributed by atoms with Crippen LogP contribution in [0.3, 0.4) is 0 Å². The van der Waals surface area contributed by atoms with Crippen molar-refractivity contribution in [3.63, 3.8) is 0 Å². The number of ether oxygens (including phenoxy) is 2. The second-order valence-electron chi connectivity index (χ2n) is 9.69. The van der Waals surface area contributed by atoms with Gasteiger partial charge < -0.3 is 19.5 Å². The van der Waals surface area contributed by atoms with E-state index in [0.29, 0.717) is 28.3 Å². The van der Waals surface area contributed by atoms with Gasteiger partial charge in [-0.2, -0.15) is 0 Å². The molecule has 7 nitrogen and oxygen atoms in total. The van der Waals surface area contributed by atoms with E-state index in [4.69, 9.17) is 9.47 Å². The summed E-state index contributed by atoms with van der Waals surface area (Å²) in [4.78, 5) is 32.4. The quantitative estimate of drug-likeness (QED) is 0.299.